The summed E-state index contributed by atoms with van der Waals surface area (Å²) in [5.74, 6) is -0.637. The van der Waals surface area contributed by atoms with Gasteiger partial charge in [-0.05, 0) is 85.8 Å². The number of piperazine rings is 1. The Balaban J connectivity index is 1.09. The van der Waals surface area contributed by atoms with Crippen molar-refractivity contribution in [2.75, 3.05) is 75.9 Å². The standard InChI is InChI=1S/C51H70N8O7/c1-7-58-45-18-17-37(26-40(45)42(29-51(4,5)33-60)47(58)41-27-38(30-52-46(41)34(2)3)56-22-20-55(21-23-56)36-15-16-36)57-24-25-65-39(31-57)28-44(53-50(63)66-32-35-12-9-8-10-13-35)48(61)59-19-11-14-43(54-59)49(62)64-6/h8-10,12-13,17-18,26-27,30,34,36,39,43-44,54,60H,7,11,14-16,19-25,28-29,31-33H2,1-6H3,(H,53,63)/t39-,43-,44-/m0/s1. The number of aliphatic hydroxyl groups excluding tert-OH is 1. The lowest BCUT2D eigenvalue weighted by atomic mass is 9.84. The Hall–Kier alpha value is -5.22. The minimum Gasteiger partial charge on any atom is -0.468 e. The number of hydrogen-bond donors (Lipinski definition) is 3. The van der Waals surface area contributed by atoms with E-state index >= 15 is 0 Å². The molecule has 5 heterocycles. The lowest BCUT2D eigenvalue weighted by molar-refractivity contribution is -0.150. The van der Waals surface area contributed by atoms with Crippen LogP contribution in [0.25, 0.3) is 22.2 Å². The number of hydrazine groups is 1. The van der Waals surface area contributed by atoms with Crippen molar-refractivity contribution in [3.63, 3.8) is 0 Å². The van der Waals surface area contributed by atoms with Crippen molar-refractivity contribution >= 4 is 40.2 Å². The van der Waals surface area contributed by atoms with Gasteiger partial charge in [-0.3, -0.25) is 24.5 Å². The summed E-state index contributed by atoms with van der Waals surface area (Å²) in [6.45, 7) is 17.7. The monoisotopic (exact) mass is 907 g/mol. The highest BCUT2D eigenvalue weighted by molar-refractivity contribution is 5.95. The molecule has 3 saturated heterocycles. The topological polar surface area (TPSA) is 154 Å². The van der Waals surface area contributed by atoms with Gasteiger partial charge in [-0.15, -0.1) is 0 Å². The Labute approximate surface area is 389 Å². The van der Waals surface area contributed by atoms with Gasteiger partial charge in [0.25, 0.3) is 5.91 Å². The van der Waals surface area contributed by atoms with E-state index in [1.165, 1.54) is 30.5 Å². The maximum Gasteiger partial charge on any atom is 0.408 e. The van der Waals surface area contributed by atoms with Gasteiger partial charge in [-0.1, -0.05) is 58.0 Å². The maximum absolute atomic E-state index is 14.3. The fourth-order valence-electron chi connectivity index (χ4n) is 9.96. The Morgan fingerprint density at radius 3 is 2.44 bits per heavy atom. The summed E-state index contributed by atoms with van der Waals surface area (Å²) >= 11 is 0. The third-order valence-electron chi connectivity index (χ3n) is 13.7. The number of methoxy groups -OCH3 is 1. The Morgan fingerprint density at radius 1 is 0.970 bits per heavy atom. The van der Waals surface area contributed by atoms with Crippen LogP contribution in [0.3, 0.4) is 0 Å². The summed E-state index contributed by atoms with van der Waals surface area (Å²) in [4.78, 5) is 52.7. The van der Waals surface area contributed by atoms with Crippen LogP contribution in [-0.2, 0) is 43.4 Å². The lowest BCUT2D eigenvalue weighted by Crippen LogP contribution is -2.60. The molecule has 0 bridgehead atoms. The van der Waals surface area contributed by atoms with Crippen molar-refractivity contribution in [2.24, 2.45) is 5.41 Å². The number of morpholine rings is 1. The van der Waals surface area contributed by atoms with Crippen LogP contribution in [0.5, 0.6) is 0 Å². The number of hydrogen-bond acceptors (Lipinski definition) is 12. The highest BCUT2D eigenvalue weighted by Gasteiger charge is 2.37. The molecule has 15 heteroatoms. The van der Waals surface area contributed by atoms with E-state index in [0.29, 0.717) is 45.5 Å². The molecule has 3 atom stereocenters. The molecular weight excluding hydrogens is 837 g/mol. The summed E-state index contributed by atoms with van der Waals surface area (Å²) in [5.41, 5.74) is 11.3. The second kappa shape index (κ2) is 20.7. The Kier molecular flexibility index (Phi) is 14.9. The second-order valence-corrected chi connectivity index (χ2v) is 19.6. The highest BCUT2D eigenvalue weighted by atomic mass is 16.5. The van der Waals surface area contributed by atoms with Crippen LogP contribution >= 0.6 is 0 Å². The molecule has 0 spiro atoms. The third kappa shape index (κ3) is 10.8. The molecule has 66 heavy (non-hydrogen) atoms. The number of ether oxygens (including phenoxy) is 3. The SMILES string of the molecule is CCn1c(-c2cc(N3CCN(C4CC4)CC3)cnc2C(C)C)c(CC(C)(C)CO)c2cc(N3CCO[C@@H](C[C@H](NC(=O)OCc4ccccc4)C(=O)N4CCC[C@@H](C(=O)OC)N4)C3)ccc21. The number of nitrogens with zero attached hydrogens (tertiary/aromatic N) is 6. The van der Waals surface area contributed by atoms with Crippen LogP contribution in [0.15, 0.2) is 60.8 Å². The molecule has 0 radical (unpaired) electrons. The van der Waals surface area contributed by atoms with Crippen molar-refractivity contribution in [3.8, 4) is 11.3 Å². The van der Waals surface area contributed by atoms with Crippen molar-refractivity contribution in [1.82, 2.24) is 30.2 Å². The van der Waals surface area contributed by atoms with Gasteiger partial charge < -0.3 is 39.0 Å². The number of nitrogens with one attached hydrogen (secondary N) is 2. The van der Waals surface area contributed by atoms with E-state index in [-0.39, 0.29) is 36.9 Å². The average Bonchev–Trinajstić information content (AvgIpc) is 4.15. The molecule has 1 aliphatic carbocycles. The average molecular weight is 907 g/mol. The van der Waals surface area contributed by atoms with Crippen molar-refractivity contribution < 1.29 is 33.7 Å². The van der Waals surface area contributed by atoms with Gasteiger partial charge in [-0.2, -0.15) is 0 Å². The van der Waals surface area contributed by atoms with Crippen LogP contribution < -0.4 is 20.5 Å². The minimum absolute atomic E-state index is 0.0423. The first-order valence-electron chi connectivity index (χ1n) is 24.1. The van der Waals surface area contributed by atoms with Crippen LogP contribution in [0.2, 0.25) is 0 Å². The highest BCUT2D eigenvalue weighted by Crippen LogP contribution is 2.43. The van der Waals surface area contributed by atoms with E-state index in [9.17, 15) is 19.5 Å². The smallest absolute Gasteiger partial charge is 0.408 e. The first kappa shape index (κ1) is 47.3. The van der Waals surface area contributed by atoms with Gasteiger partial charge in [0.15, 0.2) is 0 Å². The summed E-state index contributed by atoms with van der Waals surface area (Å²) in [6, 6.07) is 17.5. The molecule has 3 aliphatic heterocycles. The van der Waals surface area contributed by atoms with Crippen LogP contribution in [-0.4, -0.2) is 133 Å². The summed E-state index contributed by atoms with van der Waals surface area (Å²) in [7, 11) is 1.33. The minimum atomic E-state index is -1.00. The van der Waals surface area contributed by atoms with Crippen LogP contribution in [0.4, 0.5) is 16.2 Å². The zero-order valence-electron chi connectivity index (χ0n) is 39.8. The van der Waals surface area contributed by atoms with E-state index < -0.39 is 30.3 Å². The number of alkyl carbamates (subject to hydrolysis) is 1. The molecule has 356 valence electrons. The van der Waals surface area contributed by atoms with E-state index in [2.05, 4.69) is 95.1 Å². The second-order valence-electron chi connectivity index (χ2n) is 19.6. The Bertz CT molecular complexity index is 2320. The maximum atomic E-state index is 14.3. The molecule has 8 rings (SSSR count). The number of fused-ring (bicyclic) bond motifs is 1. The fraction of sp³-hybridized carbons (Fsp3) is 0.569. The molecule has 2 aromatic heterocycles. The number of aryl methyl sites for hydroxylation is 1. The van der Waals surface area contributed by atoms with Crippen molar-refractivity contribution in [1.29, 1.82) is 0 Å². The number of rotatable bonds is 16. The molecular formula is C51H70N8O7. The van der Waals surface area contributed by atoms with Gasteiger partial charge in [0.05, 0.1) is 43.1 Å². The largest absolute Gasteiger partial charge is 0.468 e. The summed E-state index contributed by atoms with van der Waals surface area (Å²) in [5, 5.41) is 16.1. The molecule has 4 fully saturated rings. The van der Waals surface area contributed by atoms with Crippen LogP contribution in [0.1, 0.15) is 89.5 Å². The van der Waals surface area contributed by atoms with E-state index in [1.54, 1.807) is 0 Å². The molecule has 3 N–H and O–H groups in total. The van der Waals surface area contributed by atoms with E-state index in [4.69, 9.17) is 19.2 Å². The molecule has 4 aliphatic rings. The number of pyridine rings is 1. The van der Waals surface area contributed by atoms with Gasteiger partial charge in [-0.25, -0.2) is 10.2 Å². The number of aromatic nitrogens is 2. The van der Waals surface area contributed by atoms with Gasteiger partial charge in [0, 0.05) is 93.6 Å². The fourth-order valence-corrected chi connectivity index (χ4v) is 9.96. The van der Waals surface area contributed by atoms with Gasteiger partial charge >= 0.3 is 12.1 Å². The number of esters is 1. The molecule has 4 aromatic rings. The predicted molar refractivity (Wildman–Crippen MR) is 256 cm³/mol. The van der Waals surface area contributed by atoms with E-state index in [0.717, 1.165) is 83.6 Å². The quantitative estimate of drug-likeness (QED) is 0.109. The van der Waals surface area contributed by atoms with Crippen LogP contribution in [0, 0.1) is 5.41 Å². The Morgan fingerprint density at radius 2 is 1.74 bits per heavy atom. The molecule has 2 amide bonds. The first-order valence-corrected chi connectivity index (χ1v) is 24.1. The number of amides is 2. The first-order chi connectivity index (χ1) is 31.9. The molecule has 0 unspecified atom stereocenters. The molecule has 2 aromatic carbocycles. The zero-order chi connectivity index (χ0) is 46.5. The number of carbonyl (C=O) groups excluding carboxylic acids is 3. The number of aliphatic hydroxyl groups is 1. The number of anilines is 2. The van der Waals surface area contributed by atoms with E-state index in [1.807, 2.05) is 30.3 Å². The lowest BCUT2D eigenvalue weighted by Gasteiger charge is -2.38. The zero-order valence-corrected chi connectivity index (χ0v) is 39.8. The molecule has 1 saturated carbocycles. The van der Waals surface area contributed by atoms with Gasteiger partial charge in [0.1, 0.15) is 18.7 Å². The predicted octanol–water partition coefficient (Wildman–Crippen LogP) is 6.25. The normalized spacial score (nSPS) is 20.2. The third-order valence-corrected chi connectivity index (χ3v) is 13.7. The van der Waals surface area contributed by atoms with Crippen molar-refractivity contribution in [2.45, 2.75) is 116 Å². The summed E-state index contributed by atoms with van der Waals surface area (Å²) in [6.07, 6.45) is 5.54. The van der Waals surface area contributed by atoms with Crippen molar-refractivity contribution in [3.05, 3.63) is 77.6 Å². The number of carbonyl (C=O) groups is 3. The van der Waals surface area contributed by atoms with Gasteiger partial charge in [0.2, 0.25) is 0 Å². The molecule has 15 nitrogen and oxygen atoms in total. The summed E-state index contributed by atoms with van der Waals surface area (Å²) < 4.78 is 19.3. The number of benzene rings is 2.